The molecule has 7 nitrogen and oxygen atoms in total. The number of cyclic esters (lactones) is 1. The van der Waals surface area contributed by atoms with E-state index in [1.165, 1.54) is 0 Å². The Hall–Kier alpha value is -3.19. The zero-order valence-corrected chi connectivity index (χ0v) is 16.9. The number of benzene rings is 1. The van der Waals surface area contributed by atoms with Gasteiger partial charge in [0.1, 0.15) is 18.0 Å². The number of pyridine rings is 2. The number of aromatic nitrogens is 2. The number of fused-ring (bicyclic) bond motifs is 5. The fourth-order valence-corrected chi connectivity index (χ4v) is 4.75. The third-order valence-electron chi connectivity index (χ3n) is 6.40. The monoisotopic (exact) mass is 406 g/mol. The Morgan fingerprint density at radius 2 is 2.00 bits per heavy atom. The number of aromatic hydroxyl groups is 1. The number of hydrogen-bond donors (Lipinski definition) is 2. The van der Waals surface area contributed by atoms with Gasteiger partial charge in [0.05, 0.1) is 35.4 Å². The summed E-state index contributed by atoms with van der Waals surface area (Å²) in [7, 11) is 0. The quantitative estimate of drug-likeness (QED) is 0.497. The van der Waals surface area contributed by atoms with Crippen LogP contribution in [-0.2, 0) is 34.7 Å². The first-order valence-corrected chi connectivity index (χ1v) is 10.2. The fourth-order valence-electron chi connectivity index (χ4n) is 4.75. The highest BCUT2D eigenvalue weighted by Crippen LogP contribution is 2.40. The molecule has 0 saturated carbocycles. The molecule has 7 heteroatoms. The van der Waals surface area contributed by atoms with Gasteiger partial charge in [-0.2, -0.15) is 0 Å². The molecule has 30 heavy (non-hydrogen) atoms. The first-order valence-electron chi connectivity index (χ1n) is 10.2. The van der Waals surface area contributed by atoms with Crippen molar-refractivity contribution in [2.24, 2.45) is 0 Å². The van der Waals surface area contributed by atoms with E-state index in [0.29, 0.717) is 29.1 Å². The summed E-state index contributed by atoms with van der Waals surface area (Å²) in [6.07, 6.45) is 0.830. The number of phenols is 1. The molecule has 0 saturated heterocycles. The third kappa shape index (κ3) is 2.51. The first-order chi connectivity index (χ1) is 14.4. The van der Waals surface area contributed by atoms with E-state index in [4.69, 9.17) is 9.72 Å². The van der Waals surface area contributed by atoms with E-state index in [1.807, 2.05) is 6.92 Å². The molecule has 1 aromatic carbocycles. The molecule has 5 rings (SSSR count). The molecule has 0 radical (unpaired) electrons. The number of rotatable bonds is 2. The van der Waals surface area contributed by atoms with Crippen LogP contribution >= 0.6 is 0 Å². The lowest BCUT2D eigenvalue weighted by molar-refractivity contribution is -0.149. The number of aryl methyl sites for hydroxylation is 1. The molecule has 3 aromatic rings. The zero-order chi connectivity index (χ0) is 21.2. The Bertz CT molecular complexity index is 1290. The SMILES string of the molecule is CCc1c2c(nc3ccc(O)cc13)-c1cc3c(c(=O)n1C2)COC(=O)C[C@]3(O)CC. The van der Waals surface area contributed by atoms with E-state index in [9.17, 15) is 19.8 Å². The third-order valence-corrected chi connectivity index (χ3v) is 6.40. The number of carbonyl (C=O) groups excluding carboxylic acids is 1. The van der Waals surface area contributed by atoms with Gasteiger partial charge >= 0.3 is 5.97 Å². The van der Waals surface area contributed by atoms with Gasteiger partial charge in [0.2, 0.25) is 0 Å². The van der Waals surface area contributed by atoms with Crippen LogP contribution in [0.3, 0.4) is 0 Å². The van der Waals surface area contributed by atoms with Gasteiger partial charge in [-0.25, -0.2) is 4.98 Å². The summed E-state index contributed by atoms with van der Waals surface area (Å²) in [5.41, 5.74) is 3.13. The molecule has 2 aromatic heterocycles. The number of phenolic OH excluding ortho intramolecular Hbond substituents is 1. The van der Waals surface area contributed by atoms with Crippen molar-refractivity contribution < 1.29 is 19.7 Å². The van der Waals surface area contributed by atoms with Crippen molar-refractivity contribution in [3.63, 3.8) is 0 Å². The maximum absolute atomic E-state index is 13.4. The van der Waals surface area contributed by atoms with Crippen LogP contribution in [0.4, 0.5) is 0 Å². The summed E-state index contributed by atoms with van der Waals surface area (Å²) in [6.45, 7) is 4.04. The van der Waals surface area contributed by atoms with Gasteiger partial charge in [-0.1, -0.05) is 13.8 Å². The summed E-state index contributed by atoms with van der Waals surface area (Å²) in [4.78, 5) is 30.2. The molecule has 154 valence electrons. The summed E-state index contributed by atoms with van der Waals surface area (Å²) >= 11 is 0. The maximum atomic E-state index is 13.4. The standard InChI is InChI=1S/C23H22N2O5/c1-3-13-14-7-12(26)5-6-18(14)24-21-15(13)10-25-19(21)8-17-16(22(25)28)11-30-20(27)9-23(17,29)4-2/h5-8,26,29H,3-4,9-11H2,1-2H3/t23-/m1/s1. The minimum absolute atomic E-state index is 0.143. The van der Waals surface area contributed by atoms with Crippen LogP contribution in [0.1, 0.15) is 48.9 Å². The van der Waals surface area contributed by atoms with Crippen molar-refractivity contribution in [1.29, 1.82) is 0 Å². The van der Waals surface area contributed by atoms with Gasteiger partial charge in [-0.3, -0.25) is 9.59 Å². The normalized spacial score (nSPS) is 19.8. The number of nitrogens with zero attached hydrogens (tertiary/aromatic N) is 2. The zero-order valence-electron chi connectivity index (χ0n) is 16.9. The lowest BCUT2D eigenvalue weighted by Gasteiger charge is -2.26. The molecular weight excluding hydrogens is 384 g/mol. The Morgan fingerprint density at radius 3 is 2.73 bits per heavy atom. The van der Waals surface area contributed by atoms with Crippen LogP contribution in [-0.4, -0.2) is 25.7 Å². The summed E-state index contributed by atoms with van der Waals surface area (Å²) < 4.78 is 6.85. The first kappa shape index (κ1) is 18.8. The van der Waals surface area contributed by atoms with Crippen molar-refractivity contribution in [2.45, 2.75) is 51.9 Å². The number of carbonyl (C=O) groups is 1. The number of ether oxygens (including phenoxy) is 1. The molecule has 2 aliphatic heterocycles. The highest BCUT2D eigenvalue weighted by atomic mass is 16.5. The second kappa shape index (κ2) is 6.40. The second-order valence-electron chi connectivity index (χ2n) is 8.01. The van der Waals surface area contributed by atoms with Crippen LogP contribution < -0.4 is 5.56 Å². The van der Waals surface area contributed by atoms with Gasteiger partial charge in [0.15, 0.2) is 0 Å². The van der Waals surface area contributed by atoms with Gasteiger partial charge in [0, 0.05) is 10.9 Å². The second-order valence-corrected chi connectivity index (χ2v) is 8.01. The molecule has 0 spiro atoms. The topological polar surface area (TPSA) is 102 Å². The van der Waals surface area contributed by atoms with Crippen molar-refractivity contribution in [2.75, 3.05) is 0 Å². The van der Waals surface area contributed by atoms with Gasteiger partial charge in [-0.05, 0) is 48.2 Å². The molecule has 0 fully saturated rings. The molecule has 0 bridgehead atoms. The number of esters is 1. The molecule has 0 amide bonds. The Kier molecular flexibility index (Phi) is 4.02. The summed E-state index contributed by atoms with van der Waals surface area (Å²) in [6, 6.07) is 6.87. The van der Waals surface area contributed by atoms with Crippen molar-refractivity contribution >= 4 is 16.9 Å². The van der Waals surface area contributed by atoms with Crippen LogP contribution in [0.25, 0.3) is 22.3 Å². The highest BCUT2D eigenvalue weighted by molar-refractivity contribution is 5.89. The molecule has 0 aliphatic carbocycles. The Balaban J connectivity index is 1.82. The summed E-state index contributed by atoms with van der Waals surface area (Å²) in [5.74, 6) is -0.342. The minimum atomic E-state index is -1.45. The van der Waals surface area contributed by atoms with E-state index in [2.05, 4.69) is 0 Å². The van der Waals surface area contributed by atoms with Crippen LogP contribution in [0, 0.1) is 0 Å². The molecule has 2 aliphatic rings. The molecule has 2 N–H and O–H groups in total. The lowest BCUT2D eigenvalue weighted by Crippen LogP contribution is -2.32. The van der Waals surface area contributed by atoms with Gasteiger partial charge < -0.3 is 19.5 Å². The average Bonchev–Trinajstić information content (AvgIpc) is 3.03. The van der Waals surface area contributed by atoms with E-state index in [0.717, 1.165) is 28.5 Å². The smallest absolute Gasteiger partial charge is 0.309 e. The van der Waals surface area contributed by atoms with Crippen molar-refractivity contribution in [3.8, 4) is 17.1 Å². The minimum Gasteiger partial charge on any atom is -0.508 e. The van der Waals surface area contributed by atoms with Gasteiger partial charge in [-0.15, -0.1) is 0 Å². The van der Waals surface area contributed by atoms with E-state index < -0.39 is 11.6 Å². The Labute approximate surface area is 172 Å². The van der Waals surface area contributed by atoms with E-state index in [1.54, 1.807) is 35.8 Å². The van der Waals surface area contributed by atoms with Crippen LogP contribution in [0.2, 0.25) is 0 Å². The number of hydrogen-bond acceptors (Lipinski definition) is 6. The van der Waals surface area contributed by atoms with E-state index in [-0.39, 0.29) is 30.8 Å². The van der Waals surface area contributed by atoms with Crippen LogP contribution in [0.5, 0.6) is 5.75 Å². The highest BCUT2D eigenvalue weighted by Gasteiger charge is 2.39. The molecule has 0 unspecified atom stereocenters. The summed E-state index contributed by atoms with van der Waals surface area (Å²) in [5, 5.41) is 22.0. The molecule has 4 heterocycles. The average molecular weight is 406 g/mol. The fraction of sp³-hybridized carbons (Fsp3) is 0.348. The van der Waals surface area contributed by atoms with Crippen molar-refractivity contribution in [1.82, 2.24) is 9.55 Å². The van der Waals surface area contributed by atoms with Crippen LogP contribution in [0.15, 0.2) is 29.1 Å². The maximum Gasteiger partial charge on any atom is 0.309 e. The molecular formula is C23H22N2O5. The van der Waals surface area contributed by atoms with Crippen molar-refractivity contribution in [3.05, 3.63) is 56.9 Å². The largest absolute Gasteiger partial charge is 0.508 e. The van der Waals surface area contributed by atoms with Gasteiger partial charge in [0.25, 0.3) is 5.56 Å². The lowest BCUT2D eigenvalue weighted by atomic mass is 9.85. The Morgan fingerprint density at radius 1 is 1.20 bits per heavy atom. The van der Waals surface area contributed by atoms with E-state index >= 15 is 0 Å². The number of aliphatic hydroxyl groups is 1. The predicted molar refractivity (Wildman–Crippen MR) is 110 cm³/mol. The molecule has 1 atom stereocenters. The predicted octanol–water partition coefficient (Wildman–Crippen LogP) is 2.74.